The van der Waals surface area contributed by atoms with E-state index in [9.17, 15) is 14.7 Å². The lowest BCUT2D eigenvalue weighted by Crippen LogP contribution is -2.44. The lowest BCUT2D eigenvalue weighted by molar-refractivity contribution is -0.136. The molecule has 2 heterocycles. The molecule has 0 aromatic heterocycles. The fraction of sp³-hybridized carbons (Fsp3) is 0.545. The number of phenolic OH excluding ortho intramolecular Hbond substituents is 1. The van der Waals surface area contributed by atoms with Crippen LogP contribution in [0.5, 0.6) is 11.5 Å². The van der Waals surface area contributed by atoms with E-state index in [0.29, 0.717) is 37.1 Å². The molecular formula is C22H26ClNO6. The van der Waals surface area contributed by atoms with Crippen LogP contribution >= 0.6 is 11.6 Å². The van der Waals surface area contributed by atoms with Gasteiger partial charge in [-0.25, -0.2) is 0 Å². The molecule has 1 amide bonds. The van der Waals surface area contributed by atoms with Crippen molar-refractivity contribution in [2.75, 3.05) is 27.4 Å². The van der Waals surface area contributed by atoms with E-state index in [2.05, 4.69) is 0 Å². The van der Waals surface area contributed by atoms with Crippen molar-refractivity contribution in [1.29, 1.82) is 0 Å². The third-order valence-corrected chi connectivity index (χ3v) is 6.97. The van der Waals surface area contributed by atoms with Gasteiger partial charge in [0.1, 0.15) is 6.10 Å². The van der Waals surface area contributed by atoms with Gasteiger partial charge in [-0.1, -0.05) is 13.0 Å². The van der Waals surface area contributed by atoms with Gasteiger partial charge < -0.3 is 24.2 Å². The third-order valence-electron chi connectivity index (χ3n) is 6.36. The number of fused-ring (bicyclic) bond motifs is 1. The molecule has 1 aliphatic carbocycles. The highest BCUT2D eigenvalue weighted by atomic mass is 35.5. The Hall–Kier alpha value is -2.25. The van der Waals surface area contributed by atoms with E-state index in [4.69, 9.17) is 25.8 Å². The molecule has 1 saturated carbocycles. The van der Waals surface area contributed by atoms with Gasteiger partial charge in [0.25, 0.3) is 5.91 Å². The van der Waals surface area contributed by atoms with E-state index in [1.54, 1.807) is 24.1 Å². The number of benzene rings is 1. The first-order chi connectivity index (χ1) is 14.4. The van der Waals surface area contributed by atoms with Crippen molar-refractivity contribution in [3.8, 4) is 11.5 Å². The van der Waals surface area contributed by atoms with Gasteiger partial charge in [-0.15, -0.1) is 11.6 Å². The first-order valence-electron chi connectivity index (χ1n) is 10.1. The number of carbonyl (C=O) groups excluding carboxylic acids is 2. The van der Waals surface area contributed by atoms with Crippen LogP contribution in [0.15, 0.2) is 29.5 Å². The number of carbonyl (C=O) groups is 2. The molecule has 1 aromatic rings. The Morgan fingerprint density at radius 2 is 2.03 bits per heavy atom. The first kappa shape index (κ1) is 21.0. The van der Waals surface area contributed by atoms with Crippen LogP contribution in [0.4, 0.5) is 0 Å². The summed E-state index contributed by atoms with van der Waals surface area (Å²) >= 11 is 6.47. The fourth-order valence-corrected chi connectivity index (χ4v) is 4.99. The number of hydrogen-bond donors (Lipinski definition) is 1. The monoisotopic (exact) mass is 435 g/mol. The molecule has 7 nitrogen and oxygen atoms in total. The fourth-order valence-electron chi connectivity index (χ4n) is 4.70. The van der Waals surface area contributed by atoms with Crippen LogP contribution in [-0.4, -0.2) is 60.5 Å². The van der Waals surface area contributed by atoms with Crippen molar-refractivity contribution in [3.05, 3.63) is 35.1 Å². The topological polar surface area (TPSA) is 85.3 Å². The molecular weight excluding hydrogens is 410 g/mol. The number of hydrogen-bond acceptors (Lipinski definition) is 6. The lowest BCUT2D eigenvalue weighted by Gasteiger charge is -2.40. The Kier molecular flexibility index (Phi) is 5.68. The molecule has 3 aliphatic rings. The van der Waals surface area contributed by atoms with Gasteiger partial charge in [0.2, 0.25) is 0 Å². The predicted molar refractivity (Wildman–Crippen MR) is 109 cm³/mol. The molecule has 1 aromatic carbocycles. The van der Waals surface area contributed by atoms with E-state index in [-0.39, 0.29) is 52.3 Å². The minimum absolute atomic E-state index is 0.0132. The van der Waals surface area contributed by atoms with Crippen molar-refractivity contribution in [1.82, 2.24) is 4.90 Å². The van der Waals surface area contributed by atoms with E-state index >= 15 is 0 Å². The maximum atomic E-state index is 13.6. The minimum Gasteiger partial charge on any atom is -0.504 e. The predicted octanol–water partition coefficient (Wildman–Crippen LogP) is 2.81. The first-order valence-corrected chi connectivity index (χ1v) is 10.6. The van der Waals surface area contributed by atoms with E-state index in [1.165, 1.54) is 13.2 Å². The van der Waals surface area contributed by atoms with Crippen LogP contribution in [0, 0.1) is 11.8 Å². The molecule has 5 atom stereocenters. The summed E-state index contributed by atoms with van der Waals surface area (Å²) in [6.45, 7) is 2.66. The van der Waals surface area contributed by atoms with Gasteiger partial charge in [0.15, 0.2) is 23.0 Å². The van der Waals surface area contributed by atoms with Crippen LogP contribution in [0.2, 0.25) is 0 Å². The van der Waals surface area contributed by atoms with Crippen molar-refractivity contribution < 1.29 is 28.9 Å². The van der Waals surface area contributed by atoms with Crippen LogP contribution in [-0.2, 0) is 19.1 Å². The SMILES string of the molecule is COCCN1C(=O)C2=C(C(=O)C3CC(Cl)C(C)CC3O2)C1c1ccc(O)c(OC)c1. The van der Waals surface area contributed by atoms with E-state index in [1.807, 2.05) is 6.92 Å². The summed E-state index contributed by atoms with van der Waals surface area (Å²) in [6, 6.07) is 4.21. The average Bonchev–Trinajstić information content (AvgIpc) is 3.00. The third kappa shape index (κ3) is 3.34. The van der Waals surface area contributed by atoms with Gasteiger partial charge >= 0.3 is 0 Å². The Labute approximate surface area is 180 Å². The number of Topliss-reactive ketones (excluding diaryl/α,β-unsaturated/α-hetero) is 1. The quantitative estimate of drug-likeness (QED) is 0.716. The summed E-state index contributed by atoms with van der Waals surface area (Å²) in [5.41, 5.74) is 1.03. The second-order valence-corrected chi connectivity index (χ2v) is 8.72. The number of alkyl halides is 1. The Morgan fingerprint density at radius 3 is 2.73 bits per heavy atom. The highest BCUT2D eigenvalue weighted by molar-refractivity contribution is 6.21. The Bertz CT molecular complexity index is 900. The zero-order chi connectivity index (χ0) is 21.6. The van der Waals surface area contributed by atoms with Crippen LogP contribution in [0.1, 0.15) is 31.4 Å². The van der Waals surface area contributed by atoms with Crippen LogP contribution in [0.25, 0.3) is 0 Å². The number of ether oxygens (including phenoxy) is 3. The van der Waals surface area contributed by atoms with Gasteiger partial charge in [-0.05, 0) is 36.5 Å². The average molecular weight is 436 g/mol. The number of methoxy groups -OCH3 is 2. The molecule has 0 saturated heterocycles. The standard InChI is InChI=1S/C22H26ClNO6/c1-11-8-16-13(10-14(11)23)20(26)18-19(12-4-5-15(25)17(9-12)29-3)24(6-7-28-2)22(27)21(18)30-16/h4-5,9,11,13-14,16,19,25H,6-8,10H2,1-3H3. The minimum atomic E-state index is -0.626. The molecule has 30 heavy (non-hydrogen) atoms. The second kappa shape index (κ2) is 8.12. The molecule has 0 spiro atoms. The molecule has 5 unspecified atom stereocenters. The second-order valence-electron chi connectivity index (χ2n) is 8.16. The number of nitrogens with zero attached hydrogens (tertiary/aromatic N) is 1. The van der Waals surface area contributed by atoms with Gasteiger partial charge in [-0.2, -0.15) is 0 Å². The molecule has 1 fully saturated rings. The van der Waals surface area contributed by atoms with Crippen LogP contribution < -0.4 is 4.74 Å². The summed E-state index contributed by atoms with van der Waals surface area (Å²) in [4.78, 5) is 28.4. The normalized spacial score (nSPS) is 30.8. The molecule has 4 rings (SSSR count). The highest BCUT2D eigenvalue weighted by Gasteiger charge is 2.53. The maximum Gasteiger partial charge on any atom is 0.290 e. The summed E-state index contributed by atoms with van der Waals surface area (Å²) in [7, 11) is 3.01. The largest absolute Gasteiger partial charge is 0.504 e. The van der Waals surface area contributed by atoms with Crippen molar-refractivity contribution in [2.24, 2.45) is 11.8 Å². The Balaban J connectivity index is 1.78. The van der Waals surface area contributed by atoms with Crippen molar-refractivity contribution in [3.63, 3.8) is 0 Å². The number of halogens is 1. The maximum absolute atomic E-state index is 13.6. The highest BCUT2D eigenvalue weighted by Crippen LogP contribution is 2.48. The Morgan fingerprint density at radius 1 is 1.27 bits per heavy atom. The van der Waals surface area contributed by atoms with Crippen molar-refractivity contribution in [2.45, 2.75) is 37.3 Å². The summed E-state index contributed by atoms with van der Waals surface area (Å²) < 4.78 is 16.6. The van der Waals surface area contributed by atoms with E-state index in [0.717, 1.165) is 0 Å². The van der Waals surface area contributed by atoms with Gasteiger partial charge in [0.05, 0.1) is 31.2 Å². The van der Waals surface area contributed by atoms with Gasteiger partial charge in [0, 0.05) is 19.0 Å². The molecule has 0 bridgehead atoms. The molecule has 1 N–H and O–H groups in total. The van der Waals surface area contributed by atoms with Crippen molar-refractivity contribution >= 4 is 23.3 Å². The van der Waals surface area contributed by atoms with Gasteiger partial charge in [-0.3, -0.25) is 9.59 Å². The number of phenols is 1. The number of amides is 1. The smallest absolute Gasteiger partial charge is 0.290 e. The molecule has 2 aliphatic heterocycles. The zero-order valence-corrected chi connectivity index (χ0v) is 18.0. The summed E-state index contributed by atoms with van der Waals surface area (Å²) in [5.74, 6) is -0.152. The number of aromatic hydroxyl groups is 1. The molecule has 162 valence electrons. The van der Waals surface area contributed by atoms with E-state index < -0.39 is 6.04 Å². The zero-order valence-electron chi connectivity index (χ0n) is 17.3. The summed E-state index contributed by atoms with van der Waals surface area (Å²) in [5, 5.41) is 9.88. The van der Waals surface area contributed by atoms with Crippen LogP contribution in [0.3, 0.4) is 0 Å². The number of rotatable bonds is 5. The number of ketones is 1. The summed E-state index contributed by atoms with van der Waals surface area (Å²) in [6.07, 6.45) is 0.841. The molecule has 8 heteroatoms. The molecule has 0 radical (unpaired) electrons. The lowest BCUT2D eigenvalue weighted by atomic mass is 9.74.